The van der Waals surface area contributed by atoms with Crippen LogP contribution in [0, 0.1) is 17.8 Å². The maximum atomic E-state index is 13.8. The molecule has 0 saturated carbocycles. The van der Waals surface area contributed by atoms with Gasteiger partial charge in [-0.15, -0.1) is 0 Å². The fraction of sp³-hybridized carbons (Fsp3) is 0.619. The first-order chi connectivity index (χ1) is 23.9. The van der Waals surface area contributed by atoms with Crippen molar-refractivity contribution in [1.82, 2.24) is 0 Å². The zero-order chi connectivity index (χ0) is 36.3. The molecule has 1 fully saturated rings. The van der Waals surface area contributed by atoms with Crippen molar-refractivity contribution in [2.75, 3.05) is 13.9 Å². The molecule has 0 aromatic heterocycles. The van der Waals surface area contributed by atoms with Gasteiger partial charge in [-0.1, -0.05) is 128 Å². The third-order valence-corrected chi connectivity index (χ3v) is 15.6. The quantitative estimate of drug-likeness (QED) is 0.114. The number of benzene rings is 2. The molecule has 0 radical (unpaired) electrons. The summed E-state index contributed by atoms with van der Waals surface area (Å²) in [6.07, 6.45) is 7.82. The number of methoxy groups -OCH3 is 1. The van der Waals surface area contributed by atoms with Crippen LogP contribution >= 0.6 is 0 Å². The number of carbonyl (C=O) groups excluding carboxylic acids is 2. The number of carbonyl (C=O) groups is 2. The van der Waals surface area contributed by atoms with Gasteiger partial charge in [0.25, 0.3) is 8.32 Å². The second-order valence-corrected chi connectivity index (χ2v) is 20.0. The van der Waals surface area contributed by atoms with E-state index in [1.54, 1.807) is 7.11 Å². The van der Waals surface area contributed by atoms with Crippen LogP contribution < -0.4 is 10.4 Å². The summed E-state index contributed by atoms with van der Waals surface area (Å²) in [4.78, 5) is 26.9. The van der Waals surface area contributed by atoms with Crippen molar-refractivity contribution in [3.63, 3.8) is 0 Å². The van der Waals surface area contributed by atoms with Crippen molar-refractivity contribution in [3.05, 3.63) is 72.8 Å². The van der Waals surface area contributed by atoms with Gasteiger partial charge in [-0.3, -0.25) is 9.59 Å². The summed E-state index contributed by atoms with van der Waals surface area (Å²) in [6.45, 7) is 15.2. The van der Waals surface area contributed by atoms with Gasteiger partial charge in [0.1, 0.15) is 18.7 Å². The highest BCUT2D eigenvalue weighted by molar-refractivity contribution is 6.99. The number of hydrogen-bond acceptors (Lipinski definition) is 7. The van der Waals surface area contributed by atoms with Crippen molar-refractivity contribution < 1.29 is 33.0 Å². The highest BCUT2D eigenvalue weighted by Gasteiger charge is 2.53. The number of cyclic esters (lactones) is 1. The second-order valence-electron chi connectivity index (χ2n) is 15.7. The van der Waals surface area contributed by atoms with Gasteiger partial charge in [0.05, 0.1) is 30.3 Å². The van der Waals surface area contributed by atoms with Crippen molar-refractivity contribution >= 4 is 30.4 Å². The van der Waals surface area contributed by atoms with E-state index < -0.39 is 26.6 Å². The number of esters is 1. The Kier molecular flexibility index (Phi) is 15.1. The first kappa shape index (κ1) is 40.2. The smallest absolute Gasteiger partial charge is 0.309 e. The molecular formula is C42H62O7Si. The van der Waals surface area contributed by atoms with E-state index in [-0.39, 0.29) is 60.5 Å². The van der Waals surface area contributed by atoms with Gasteiger partial charge < -0.3 is 23.4 Å². The first-order valence-electron chi connectivity index (χ1n) is 18.8. The number of ketones is 1. The second kappa shape index (κ2) is 18.7. The van der Waals surface area contributed by atoms with Crippen LogP contribution in [-0.2, 0) is 33.0 Å². The lowest BCUT2D eigenvalue weighted by atomic mass is 9.89. The molecule has 0 N–H and O–H groups in total. The zero-order valence-corrected chi connectivity index (χ0v) is 32.8. The van der Waals surface area contributed by atoms with Gasteiger partial charge in [0.15, 0.2) is 0 Å². The number of rotatable bonds is 9. The maximum absolute atomic E-state index is 13.8. The van der Waals surface area contributed by atoms with Crippen molar-refractivity contribution in [2.24, 2.45) is 17.8 Å². The normalized spacial score (nSPS) is 29.9. The standard InChI is InChI=1S/C42H62O7Si/c1-9-18-34-27-33(43)25-32(4)40(46-29-45-8)39(28-35-26-31(3)38(47-35)24-17-16-19-30(2)41(44)48-34)49-50(42(5,6)7,36-20-12-10-13-21-36)37-22-14-11-15-23-37/h10-17,20-23,30-32,34-35,38-40H,9,18-19,24-29H2,1-8H3/b17-16+/t30?,31-,32+,34?,35+,38-,39?,40-/m0/s1. The van der Waals surface area contributed by atoms with Gasteiger partial charge in [0.2, 0.25) is 0 Å². The Morgan fingerprint density at radius 1 is 0.840 bits per heavy atom. The summed E-state index contributed by atoms with van der Waals surface area (Å²) in [5.41, 5.74) is 0. The Balaban J connectivity index is 1.81. The fourth-order valence-electron chi connectivity index (χ4n) is 7.90. The molecule has 50 heavy (non-hydrogen) atoms. The van der Waals surface area contributed by atoms with Crippen LogP contribution in [-0.4, -0.2) is 64.5 Å². The Morgan fingerprint density at radius 3 is 2.04 bits per heavy atom. The highest BCUT2D eigenvalue weighted by atomic mass is 28.4. The van der Waals surface area contributed by atoms with E-state index in [0.717, 1.165) is 19.3 Å². The molecule has 1 saturated heterocycles. The van der Waals surface area contributed by atoms with E-state index in [4.69, 9.17) is 23.4 Å². The molecule has 0 amide bonds. The molecule has 8 heteroatoms. The number of hydrogen-bond donors (Lipinski definition) is 0. The van der Waals surface area contributed by atoms with Gasteiger partial charge in [-0.05, 0) is 52.9 Å². The molecule has 276 valence electrons. The lowest BCUT2D eigenvalue weighted by Gasteiger charge is -2.47. The van der Waals surface area contributed by atoms with Crippen molar-refractivity contribution in [2.45, 2.75) is 135 Å². The lowest BCUT2D eigenvalue weighted by Crippen LogP contribution is -2.69. The average molecular weight is 707 g/mol. The molecule has 4 rings (SSSR count). The minimum absolute atomic E-state index is 0.0371. The first-order valence-corrected chi connectivity index (χ1v) is 20.7. The summed E-state index contributed by atoms with van der Waals surface area (Å²) in [7, 11) is -1.39. The van der Waals surface area contributed by atoms with Crippen LogP contribution in [0.25, 0.3) is 0 Å². The van der Waals surface area contributed by atoms with Crippen LogP contribution in [0.1, 0.15) is 99.8 Å². The summed E-state index contributed by atoms with van der Waals surface area (Å²) >= 11 is 0. The average Bonchev–Trinajstić information content (AvgIpc) is 3.43. The van der Waals surface area contributed by atoms with Crippen LogP contribution in [0.15, 0.2) is 72.8 Å². The SMILES string of the molecule is CCCC1CC(=O)C[C@@H](C)[C@H](OCOC)C(O[Si](c2ccccc2)(c2ccccc2)C(C)(C)C)C[C@H]2C[C@H](C)[C@H](C/C=C/CC(C)C(=O)O1)O2. The zero-order valence-electron chi connectivity index (χ0n) is 31.8. The number of Topliss-reactive ketones (excluding diaryl/α,β-unsaturated/α-hetero) is 1. The van der Waals surface area contributed by atoms with Gasteiger partial charge in [-0.2, -0.15) is 0 Å². The summed E-state index contributed by atoms with van der Waals surface area (Å²) in [5, 5.41) is 2.13. The van der Waals surface area contributed by atoms with E-state index in [0.29, 0.717) is 25.2 Å². The minimum Gasteiger partial charge on any atom is -0.462 e. The Morgan fingerprint density at radius 2 is 1.46 bits per heavy atom. The Hall–Kier alpha value is -2.62. The fourth-order valence-corrected chi connectivity index (χ4v) is 12.6. The number of allylic oxidation sites excluding steroid dienone is 1. The van der Waals surface area contributed by atoms with Gasteiger partial charge >= 0.3 is 5.97 Å². The molecule has 2 aliphatic heterocycles. The monoisotopic (exact) mass is 706 g/mol. The van der Waals surface area contributed by atoms with Crippen LogP contribution in [0.5, 0.6) is 0 Å². The third-order valence-electron chi connectivity index (χ3n) is 10.5. The third kappa shape index (κ3) is 10.2. The largest absolute Gasteiger partial charge is 0.462 e. The molecule has 0 spiro atoms. The highest BCUT2D eigenvalue weighted by Crippen LogP contribution is 2.41. The molecule has 2 aromatic rings. The number of ether oxygens (including phenoxy) is 4. The number of fused-ring (bicyclic) bond motifs is 2. The Labute approximate surface area is 302 Å². The topological polar surface area (TPSA) is 80.3 Å². The predicted molar refractivity (Wildman–Crippen MR) is 202 cm³/mol. The molecule has 2 aromatic carbocycles. The van der Waals surface area contributed by atoms with E-state index in [1.165, 1.54) is 10.4 Å². The van der Waals surface area contributed by atoms with Crippen molar-refractivity contribution in [1.29, 1.82) is 0 Å². The van der Waals surface area contributed by atoms with E-state index in [1.807, 2.05) is 6.92 Å². The molecule has 7 nitrogen and oxygen atoms in total. The molecule has 8 atom stereocenters. The van der Waals surface area contributed by atoms with E-state index in [9.17, 15) is 9.59 Å². The summed E-state index contributed by atoms with van der Waals surface area (Å²) in [6, 6.07) is 21.3. The maximum Gasteiger partial charge on any atom is 0.309 e. The van der Waals surface area contributed by atoms with E-state index in [2.05, 4.69) is 114 Å². The van der Waals surface area contributed by atoms with Crippen molar-refractivity contribution in [3.8, 4) is 0 Å². The van der Waals surface area contributed by atoms with E-state index >= 15 is 0 Å². The summed E-state index contributed by atoms with van der Waals surface area (Å²) in [5.74, 6) is -0.317. The predicted octanol–water partition coefficient (Wildman–Crippen LogP) is 7.79. The molecule has 0 aliphatic carbocycles. The van der Waals surface area contributed by atoms with Gasteiger partial charge in [-0.25, -0.2) is 0 Å². The van der Waals surface area contributed by atoms with Crippen LogP contribution in [0.4, 0.5) is 0 Å². The minimum atomic E-state index is -3.01. The molecule has 2 aliphatic rings. The van der Waals surface area contributed by atoms with Crippen LogP contribution in [0.2, 0.25) is 5.04 Å². The molecule has 2 heterocycles. The summed E-state index contributed by atoms with van der Waals surface area (Å²) < 4.78 is 32.7. The van der Waals surface area contributed by atoms with Crippen LogP contribution in [0.3, 0.4) is 0 Å². The lowest BCUT2D eigenvalue weighted by molar-refractivity contribution is -0.155. The Bertz CT molecular complexity index is 1320. The molecular weight excluding hydrogens is 645 g/mol. The van der Waals surface area contributed by atoms with Gasteiger partial charge in [0, 0.05) is 26.4 Å². The molecule has 2 bridgehead atoms. The molecule has 3 unspecified atom stereocenters.